The molecule has 0 aliphatic heterocycles. The van der Waals surface area contributed by atoms with Crippen LogP contribution in [0.5, 0.6) is 0 Å². The highest BCUT2D eigenvalue weighted by Crippen LogP contribution is 2.23. The maximum atomic E-state index is 11.9. The predicted molar refractivity (Wildman–Crippen MR) is 74.1 cm³/mol. The Morgan fingerprint density at radius 1 is 1.33 bits per heavy atom. The van der Waals surface area contributed by atoms with Gasteiger partial charge in [-0.05, 0) is 36.5 Å². The second-order valence-electron chi connectivity index (χ2n) is 5.45. The van der Waals surface area contributed by atoms with Crippen LogP contribution in [0, 0.1) is 5.92 Å². The largest absolute Gasteiger partial charge is 0.399 e. The van der Waals surface area contributed by atoms with Crippen LogP contribution in [0.3, 0.4) is 0 Å². The van der Waals surface area contributed by atoms with E-state index in [2.05, 4.69) is 12.2 Å². The summed E-state index contributed by atoms with van der Waals surface area (Å²) in [5.74, 6) is 0.861. The zero-order valence-corrected chi connectivity index (χ0v) is 11.0. The van der Waals surface area contributed by atoms with Gasteiger partial charge in [0, 0.05) is 11.7 Å². The first-order valence-corrected chi connectivity index (χ1v) is 6.77. The van der Waals surface area contributed by atoms with E-state index in [4.69, 9.17) is 5.73 Å². The number of anilines is 1. The fourth-order valence-corrected chi connectivity index (χ4v) is 2.66. The van der Waals surface area contributed by atoms with Crippen LogP contribution in [0.2, 0.25) is 0 Å². The van der Waals surface area contributed by atoms with Crippen molar-refractivity contribution in [3.05, 3.63) is 29.8 Å². The van der Waals surface area contributed by atoms with Crippen molar-refractivity contribution in [3.63, 3.8) is 0 Å². The SMILES string of the molecule is C[C@@H]1CCC[C@@H](NC(=O)Cc2ccc(N)cc2)C1. The molecule has 0 aromatic heterocycles. The number of hydrogen-bond acceptors (Lipinski definition) is 2. The number of hydrogen-bond donors (Lipinski definition) is 2. The number of nitrogens with two attached hydrogens (primary N) is 1. The molecular weight excluding hydrogens is 224 g/mol. The van der Waals surface area contributed by atoms with Gasteiger partial charge >= 0.3 is 0 Å². The van der Waals surface area contributed by atoms with Crippen LogP contribution in [0.25, 0.3) is 0 Å². The molecule has 1 saturated carbocycles. The Morgan fingerprint density at radius 3 is 2.72 bits per heavy atom. The molecule has 1 aromatic rings. The molecule has 18 heavy (non-hydrogen) atoms. The van der Waals surface area contributed by atoms with Crippen LogP contribution >= 0.6 is 0 Å². The molecule has 1 fully saturated rings. The van der Waals surface area contributed by atoms with Gasteiger partial charge in [-0.2, -0.15) is 0 Å². The minimum Gasteiger partial charge on any atom is -0.399 e. The van der Waals surface area contributed by atoms with E-state index >= 15 is 0 Å². The summed E-state index contributed by atoms with van der Waals surface area (Å²) in [6, 6.07) is 7.88. The van der Waals surface area contributed by atoms with Gasteiger partial charge in [-0.1, -0.05) is 31.9 Å². The van der Waals surface area contributed by atoms with E-state index < -0.39 is 0 Å². The minimum absolute atomic E-state index is 0.124. The van der Waals surface area contributed by atoms with Crippen molar-refractivity contribution < 1.29 is 4.79 Å². The Labute approximate surface area is 109 Å². The van der Waals surface area contributed by atoms with Gasteiger partial charge in [0.25, 0.3) is 0 Å². The van der Waals surface area contributed by atoms with Gasteiger partial charge in [0.15, 0.2) is 0 Å². The van der Waals surface area contributed by atoms with Gasteiger partial charge < -0.3 is 11.1 Å². The van der Waals surface area contributed by atoms with Crippen LogP contribution in [-0.2, 0) is 11.2 Å². The third-order valence-corrected chi connectivity index (χ3v) is 3.65. The van der Waals surface area contributed by atoms with Crippen molar-refractivity contribution in [2.75, 3.05) is 5.73 Å². The molecule has 0 saturated heterocycles. The van der Waals surface area contributed by atoms with E-state index in [9.17, 15) is 4.79 Å². The molecule has 3 N–H and O–H groups in total. The fourth-order valence-electron chi connectivity index (χ4n) is 2.66. The van der Waals surface area contributed by atoms with E-state index in [-0.39, 0.29) is 5.91 Å². The molecule has 2 rings (SSSR count). The van der Waals surface area contributed by atoms with Crippen molar-refractivity contribution in [1.82, 2.24) is 5.32 Å². The third-order valence-electron chi connectivity index (χ3n) is 3.65. The van der Waals surface area contributed by atoms with E-state index in [0.717, 1.165) is 30.0 Å². The van der Waals surface area contributed by atoms with E-state index in [1.54, 1.807) is 0 Å². The number of rotatable bonds is 3. The van der Waals surface area contributed by atoms with Gasteiger partial charge in [-0.3, -0.25) is 4.79 Å². The summed E-state index contributed by atoms with van der Waals surface area (Å²) in [6.45, 7) is 2.26. The molecule has 1 aromatic carbocycles. The summed E-state index contributed by atoms with van der Waals surface area (Å²) < 4.78 is 0. The van der Waals surface area contributed by atoms with Gasteiger partial charge in [0.1, 0.15) is 0 Å². The molecule has 1 aliphatic rings. The maximum Gasteiger partial charge on any atom is 0.224 e. The Balaban J connectivity index is 1.83. The lowest BCUT2D eigenvalue weighted by Gasteiger charge is -2.27. The fraction of sp³-hybridized carbons (Fsp3) is 0.533. The normalized spacial score (nSPS) is 23.6. The summed E-state index contributed by atoms with van der Waals surface area (Å²) in [7, 11) is 0. The van der Waals surface area contributed by atoms with Gasteiger partial charge in [0.2, 0.25) is 5.91 Å². The van der Waals surface area contributed by atoms with Crippen molar-refractivity contribution in [1.29, 1.82) is 0 Å². The van der Waals surface area contributed by atoms with Crippen LogP contribution in [0.1, 0.15) is 38.2 Å². The number of benzene rings is 1. The molecule has 0 radical (unpaired) electrons. The zero-order chi connectivity index (χ0) is 13.0. The molecule has 1 aliphatic carbocycles. The average Bonchev–Trinajstić information content (AvgIpc) is 2.32. The minimum atomic E-state index is 0.124. The number of nitrogen functional groups attached to an aromatic ring is 1. The highest BCUT2D eigenvalue weighted by atomic mass is 16.1. The Bertz CT molecular complexity index is 399. The molecule has 3 nitrogen and oxygen atoms in total. The van der Waals surface area contributed by atoms with Crippen LogP contribution in [-0.4, -0.2) is 11.9 Å². The predicted octanol–water partition coefficient (Wildman–Crippen LogP) is 2.51. The van der Waals surface area contributed by atoms with Gasteiger partial charge in [-0.15, -0.1) is 0 Å². The van der Waals surface area contributed by atoms with E-state index in [0.29, 0.717) is 12.5 Å². The molecule has 3 heteroatoms. The lowest BCUT2D eigenvalue weighted by molar-refractivity contribution is -0.121. The highest BCUT2D eigenvalue weighted by molar-refractivity contribution is 5.79. The van der Waals surface area contributed by atoms with Crippen molar-refractivity contribution in [2.45, 2.75) is 45.1 Å². The first-order valence-electron chi connectivity index (χ1n) is 6.77. The molecule has 2 atom stereocenters. The maximum absolute atomic E-state index is 11.9. The molecule has 0 heterocycles. The lowest BCUT2D eigenvalue weighted by atomic mass is 9.87. The summed E-state index contributed by atoms with van der Waals surface area (Å²) in [4.78, 5) is 11.9. The van der Waals surface area contributed by atoms with Crippen LogP contribution in [0.15, 0.2) is 24.3 Å². The summed E-state index contributed by atoms with van der Waals surface area (Å²) in [5, 5.41) is 3.14. The zero-order valence-electron chi connectivity index (χ0n) is 11.0. The van der Waals surface area contributed by atoms with Crippen molar-refractivity contribution in [3.8, 4) is 0 Å². The lowest BCUT2D eigenvalue weighted by Crippen LogP contribution is -2.38. The first-order chi connectivity index (χ1) is 8.63. The van der Waals surface area contributed by atoms with Crippen LogP contribution < -0.4 is 11.1 Å². The summed E-state index contributed by atoms with van der Waals surface area (Å²) in [5.41, 5.74) is 7.38. The van der Waals surface area contributed by atoms with Crippen molar-refractivity contribution >= 4 is 11.6 Å². The monoisotopic (exact) mass is 246 g/mol. The number of amides is 1. The molecule has 1 amide bonds. The summed E-state index contributed by atoms with van der Waals surface area (Å²) in [6.07, 6.45) is 5.22. The molecule has 0 unspecified atom stereocenters. The highest BCUT2D eigenvalue weighted by Gasteiger charge is 2.20. The van der Waals surface area contributed by atoms with Crippen LogP contribution in [0.4, 0.5) is 5.69 Å². The Morgan fingerprint density at radius 2 is 2.06 bits per heavy atom. The standard InChI is InChI=1S/C15H22N2O/c1-11-3-2-4-14(9-11)17-15(18)10-12-5-7-13(16)8-6-12/h5-8,11,14H,2-4,9-10,16H2,1H3,(H,17,18)/t11-,14-/m1/s1. The number of nitrogens with one attached hydrogen (secondary N) is 1. The summed E-state index contributed by atoms with van der Waals surface area (Å²) >= 11 is 0. The van der Waals surface area contributed by atoms with Gasteiger partial charge in [0.05, 0.1) is 6.42 Å². The number of carbonyl (C=O) groups excluding carboxylic acids is 1. The topological polar surface area (TPSA) is 55.1 Å². The number of carbonyl (C=O) groups is 1. The first kappa shape index (κ1) is 12.9. The van der Waals surface area contributed by atoms with Crippen molar-refractivity contribution in [2.24, 2.45) is 5.92 Å². The Hall–Kier alpha value is -1.51. The van der Waals surface area contributed by atoms with E-state index in [1.165, 1.54) is 12.8 Å². The molecular formula is C15H22N2O. The second kappa shape index (κ2) is 5.89. The molecule has 98 valence electrons. The average molecular weight is 246 g/mol. The Kier molecular flexibility index (Phi) is 4.24. The second-order valence-corrected chi connectivity index (χ2v) is 5.45. The molecule has 0 bridgehead atoms. The smallest absolute Gasteiger partial charge is 0.224 e. The quantitative estimate of drug-likeness (QED) is 0.805. The van der Waals surface area contributed by atoms with E-state index in [1.807, 2.05) is 24.3 Å². The third kappa shape index (κ3) is 3.76. The van der Waals surface area contributed by atoms with Gasteiger partial charge in [-0.25, -0.2) is 0 Å². The molecule has 0 spiro atoms.